The van der Waals surface area contributed by atoms with Crippen LogP contribution in [0.1, 0.15) is 12.5 Å². The highest BCUT2D eigenvalue weighted by Crippen LogP contribution is 2.29. The fourth-order valence-corrected chi connectivity index (χ4v) is 2.33. The molecule has 1 amide bonds. The first-order chi connectivity index (χ1) is 11.6. The molecular formula is C18H14F2N2O2. The van der Waals surface area contributed by atoms with Crippen LogP contribution in [-0.4, -0.2) is 18.2 Å². The maximum Gasteiger partial charge on any atom is 0.284 e. The first-order valence-electron chi connectivity index (χ1n) is 7.38. The van der Waals surface area contributed by atoms with E-state index in [0.717, 1.165) is 5.01 Å². The molecule has 2 aromatic rings. The van der Waals surface area contributed by atoms with Crippen LogP contribution in [0.25, 0.3) is 0 Å². The molecular weight excluding hydrogens is 314 g/mol. The van der Waals surface area contributed by atoms with Gasteiger partial charge in [-0.15, -0.1) is 0 Å². The summed E-state index contributed by atoms with van der Waals surface area (Å²) in [6.07, 6.45) is 1.23. The minimum atomic E-state index is -0.597. The molecule has 0 saturated carbocycles. The number of carbonyl (C=O) groups is 1. The summed E-state index contributed by atoms with van der Waals surface area (Å²) in [7, 11) is 0. The maximum atomic E-state index is 14.1. The van der Waals surface area contributed by atoms with E-state index in [1.165, 1.54) is 42.7 Å². The van der Waals surface area contributed by atoms with Gasteiger partial charge in [0.25, 0.3) is 5.91 Å². The average Bonchev–Trinajstić information content (AvgIpc) is 2.90. The lowest BCUT2D eigenvalue weighted by Crippen LogP contribution is -2.22. The zero-order valence-corrected chi connectivity index (χ0v) is 12.9. The van der Waals surface area contributed by atoms with Gasteiger partial charge in [-0.25, -0.2) is 8.78 Å². The third kappa shape index (κ3) is 2.78. The number of nitrogens with zero attached hydrogens (tertiary/aromatic N) is 2. The van der Waals surface area contributed by atoms with Gasteiger partial charge in [0.1, 0.15) is 28.6 Å². The Morgan fingerprint density at radius 3 is 2.42 bits per heavy atom. The SMILES string of the molecule is CCOC=C1C(=O)N(c2ccccc2F)N=C1c1ccccc1F. The van der Waals surface area contributed by atoms with E-state index >= 15 is 0 Å². The normalized spacial score (nSPS) is 15.8. The van der Waals surface area contributed by atoms with Crippen LogP contribution in [0.3, 0.4) is 0 Å². The standard InChI is InChI=1S/C18H14F2N2O2/c1-2-24-11-13-17(12-7-3-4-8-14(12)19)21-22(18(13)23)16-10-6-5-9-15(16)20/h3-11H,2H2,1H3. The highest BCUT2D eigenvalue weighted by molar-refractivity contribution is 6.35. The Balaban J connectivity index is 2.13. The third-order valence-corrected chi connectivity index (χ3v) is 3.46. The summed E-state index contributed by atoms with van der Waals surface area (Å²) in [5, 5.41) is 5.06. The Kier molecular flexibility index (Phi) is 4.37. The first kappa shape index (κ1) is 15.9. The lowest BCUT2D eigenvalue weighted by atomic mass is 10.0. The van der Waals surface area contributed by atoms with Crippen LogP contribution in [0.2, 0.25) is 0 Å². The molecule has 1 aliphatic rings. The summed E-state index contributed by atoms with van der Waals surface area (Å²) in [5.74, 6) is -1.70. The number of carbonyl (C=O) groups excluding carboxylic acids is 1. The summed E-state index contributed by atoms with van der Waals surface area (Å²) in [4.78, 5) is 12.6. The van der Waals surface area contributed by atoms with Crippen molar-refractivity contribution in [2.45, 2.75) is 6.92 Å². The van der Waals surface area contributed by atoms with E-state index in [1.807, 2.05) is 0 Å². The monoisotopic (exact) mass is 328 g/mol. The fourth-order valence-electron chi connectivity index (χ4n) is 2.33. The van der Waals surface area contributed by atoms with E-state index in [0.29, 0.717) is 6.61 Å². The van der Waals surface area contributed by atoms with Crippen molar-refractivity contribution in [1.29, 1.82) is 0 Å². The first-order valence-corrected chi connectivity index (χ1v) is 7.38. The molecule has 0 fully saturated rings. The molecule has 0 N–H and O–H groups in total. The summed E-state index contributed by atoms with van der Waals surface area (Å²) >= 11 is 0. The number of benzene rings is 2. The van der Waals surface area contributed by atoms with Crippen LogP contribution >= 0.6 is 0 Å². The van der Waals surface area contributed by atoms with Gasteiger partial charge in [-0.2, -0.15) is 10.1 Å². The Morgan fingerprint density at radius 2 is 1.75 bits per heavy atom. The number of ether oxygens (including phenoxy) is 1. The second kappa shape index (κ2) is 6.62. The molecule has 1 heterocycles. The van der Waals surface area contributed by atoms with Crippen molar-refractivity contribution in [2.75, 3.05) is 11.6 Å². The van der Waals surface area contributed by atoms with Gasteiger partial charge < -0.3 is 4.74 Å². The highest BCUT2D eigenvalue weighted by Gasteiger charge is 2.34. The number of halogens is 2. The molecule has 4 nitrogen and oxygen atoms in total. The predicted octanol–water partition coefficient (Wildman–Crippen LogP) is 3.64. The smallest absolute Gasteiger partial charge is 0.284 e. The Hall–Kier alpha value is -3.02. The minimum absolute atomic E-state index is 0.00348. The van der Waals surface area contributed by atoms with Crippen molar-refractivity contribution in [3.05, 3.63) is 77.6 Å². The zero-order valence-electron chi connectivity index (χ0n) is 12.9. The predicted molar refractivity (Wildman–Crippen MR) is 86.5 cm³/mol. The summed E-state index contributed by atoms with van der Waals surface area (Å²) < 4.78 is 33.3. The number of hydrazone groups is 1. The molecule has 0 aromatic heterocycles. The molecule has 6 heteroatoms. The van der Waals surface area contributed by atoms with E-state index in [2.05, 4.69) is 5.10 Å². The molecule has 1 aliphatic heterocycles. The van der Waals surface area contributed by atoms with Gasteiger partial charge >= 0.3 is 0 Å². The van der Waals surface area contributed by atoms with Gasteiger partial charge in [-0.1, -0.05) is 24.3 Å². The van der Waals surface area contributed by atoms with Crippen molar-refractivity contribution in [2.24, 2.45) is 5.10 Å². The second-order valence-electron chi connectivity index (χ2n) is 4.98. The molecule has 0 radical (unpaired) electrons. The molecule has 0 spiro atoms. The number of rotatable bonds is 4. The van der Waals surface area contributed by atoms with E-state index < -0.39 is 17.5 Å². The largest absolute Gasteiger partial charge is 0.501 e. The molecule has 2 aromatic carbocycles. The van der Waals surface area contributed by atoms with Crippen LogP contribution in [0, 0.1) is 11.6 Å². The number of anilines is 1. The van der Waals surface area contributed by atoms with Gasteiger partial charge in [0.15, 0.2) is 0 Å². The lowest BCUT2D eigenvalue weighted by molar-refractivity contribution is -0.114. The maximum absolute atomic E-state index is 14.1. The number of hydrogen-bond donors (Lipinski definition) is 0. The number of amides is 1. The molecule has 3 rings (SSSR count). The Labute approximate surface area is 137 Å². The zero-order chi connectivity index (χ0) is 17.1. The number of hydrogen-bond acceptors (Lipinski definition) is 3. The summed E-state index contributed by atoms with van der Waals surface area (Å²) in [5.41, 5.74) is 0.326. The van der Waals surface area contributed by atoms with Crippen molar-refractivity contribution >= 4 is 17.3 Å². The highest BCUT2D eigenvalue weighted by atomic mass is 19.1. The third-order valence-electron chi connectivity index (χ3n) is 3.46. The molecule has 0 unspecified atom stereocenters. The molecule has 0 aliphatic carbocycles. The van der Waals surface area contributed by atoms with Crippen LogP contribution in [0.4, 0.5) is 14.5 Å². The van der Waals surface area contributed by atoms with Gasteiger partial charge in [0.2, 0.25) is 0 Å². The van der Waals surface area contributed by atoms with E-state index in [9.17, 15) is 13.6 Å². The molecule has 24 heavy (non-hydrogen) atoms. The van der Waals surface area contributed by atoms with E-state index in [-0.39, 0.29) is 22.5 Å². The van der Waals surface area contributed by atoms with Crippen molar-refractivity contribution in [3.63, 3.8) is 0 Å². The summed E-state index contributed by atoms with van der Waals surface area (Å²) in [6, 6.07) is 11.7. The molecule has 122 valence electrons. The Morgan fingerprint density at radius 1 is 1.08 bits per heavy atom. The van der Waals surface area contributed by atoms with Crippen LogP contribution in [0.5, 0.6) is 0 Å². The van der Waals surface area contributed by atoms with E-state index in [4.69, 9.17) is 4.74 Å². The van der Waals surface area contributed by atoms with Gasteiger partial charge in [-0.05, 0) is 31.2 Å². The second-order valence-corrected chi connectivity index (χ2v) is 4.98. The van der Waals surface area contributed by atoms with E-state index in [1.54, 1.807) is 19.1 Å². The van der Waals surface area contributed by atoms with Crippen molar-refractivity contribution < 1.29 is 18.3 Å². The van der Waals surface area contributed by atoms with Crippen LogP contribution in [-0.2, 0) is 9.53 Å². The van der Waals surface area contributed by atoms with Crippen molar-refractivity contribution in [1.82, 2.24) is 0 Å². The summed E-state index contributed by atoms with van der Waals surface area (Å²) in [6.45, 7) is 2.09. The topological polar surface area (TPSA) is 41.9 Å². The van der Waals surface area contributed by atoms with Crippen LogP contribution < -0.4 is 5.01 Å². The quantitative estimate of drug-likeness (QED) is 0.635. The average molecular weight is 328 g/mol. The molecule has 0 saturated heterocycles. The Bertz CT molecular complexity index is 846. The van der Waals surface area contributed by atoms with Gasteiger partial charge in [0, 0.05) is 5.56 Å². The minimum Gasteiger partial charge on any atom is -0.501 e. The van der Waals surface area contributed by atoms with Crippen LogP contribution in [0.15, 0.2) is 65.5 Å². The molecule has 0 atom stereocenters. The van der Waals surface area contributed by atoms with Crippen molar-refractivity contribution in [3.8, 4) is 0 Å². The number of para-hydroxylation sites is 1. The van der Waals surface area contributed by atoms with Gasteiger partial charge in [-0.3, -0.25) is 4.79 Å². The molecule has 0 bridgehead atoms. The fraction of sp³-hybridized carbons (Fsp3) is 0.111. The van der Waals surface area contributed by atoms with Gasteiger partial charge in [0.05, 0.1) is 12.9 Å². The lowest BCUT2D eigenvalue weighted by Gasteiger charge is -2.11.